The molecule has 4 heteroatoms. The second-order valence-electron chi connectivity index (χ2n) is 3.49. The van der Waals surface area contributed by atoms with Gasteiger partial charge in [0.25, 0.3) is 0 Å². The number of ether oxygens (including phenoxy) is 2. The highest BCUT2D eigenvalue weighted by Crippen LogP contribution is 2.36. The fourth-order valence-electron chi connectivity index (χ4n) is 1.74. The van der Waals surface area contributed by atoms with Gasteiger partial charge in [-0.05, 0) is 24.6 Å². The van der Waals surface area contributed by atoms with Gasteiger partial charge in [0, 0.05) is 12.0 Å². The van der Waals surface area contributed by atoms with Crippen molar-refractivity contribution in [2.24, 2.45) is 5.16 Å². The number of rotatable bonds is 1. The minimum absolute atomic E-state index is 0.520. The third-order valence-corrected chi connectivity index (χ3v) is 2.44. The molecule has 1 aromatic carbocycles. The van der Waals surface area contributed by atoms with Crippen LogP contribution < -0.4 is 9.47 Å². The number of nitrogens with zero attached hydrogens (tertiary/aromatic N) is 1. The van der Waals surface area contributed by atoms with Gasteiger partial charge in [0.15, 0.2) is 11.5 Å². The van der Waals surface area contributed by atoms with Crippen LogP contribution in [0.15, 0.2) is 17.3 Å². The maximum absolute atomic E-state index is 8.88. The van der Waals surface area contributed by atoms with Crippen LogP contribution in [0.2, 0.25) is 0 Å². The Bertz CT molecular complexity index is 413. The molecule has 0 bridgehead atoms. The Hall–Kier alpha value is -1.71. The Morgan fingerprint density at radius 3 is 2.93 bits per heavy atom. The van der Waals surface area contributed by atoms with Crippen molar-refractivity contribution in [3.05, 3.63) is 23.3 Å². The first-order valence-corrected chi connectivity index (χ1v) is 4.79. The minimum atomic E-state index is 0.520. The van der Waals surface area contributed by atoms with E-state index in [1.165, 1.54) is 0 Å². The van der Waals surface area contributed by atoms with Gasteiger partial charge >= 0.3 is 0 Å². The summed E-state index contributed by atoms with van der Waals surface area (Å²) in [5.41, 5.74) is 2.52. The SMILES string of the molecule is COc1cc(C)cc2c1OCC/C2=N\O. The first kappa shape index (κ1) is 9.83. The Labute approximate surface area is 88.1 Å². The fraction of sp³-hybridized carbons (Fsp3) is 0.364. The van der Waals surface area contributed by atoms with Crippen molar-refractivity contribution in [3.8, 4) is 11.5 Å². The van der Waals surface area contributed by atoms with Crippen LogP contribution in [0, 0.1) is 6.92 Å². The van der Waals surface area contributed by atoms with Gasteiger partial charge in [0.05, 0.1) is 19.4 Å². The lowest BCUT2D eigenvalue weighted by molar-refractivity contribution is 0.284. The van der Waals surface area contributed by atoms with Gasteiger partial charge in [0.1, 0.15) is 0 Å². The molecule has 80 valence electrons. The summed E-state index contributed by atoms with van der Waals surface area (Å²) < 4.78 is 10.7. The second-order valence-corrected chi connectivity index (χ2v) is 3.49. The van der Waals surface area contributed by atoms with Crippen molar-refractivity contribution in [2.45, 2.75) is 13.3 Å². The van der Waals surface area contributed by atoms with E-state index in [4.69, 9.17) is 14.7 Å². The minimum Gasteiger partial charge on any atom is -0.493 e. The van der Waals surface area contributed by atoms with Crippen molar-refractivity contribution < 1.29 is 14.7 Å². The quantitative estimate of drug-likeness (QED) is 0.565. The van der Waals surface area contributed by atoms with Crippen LogP contribution in [-0.2, 0) is 0 Å². The topological polar surface area (TPSA) is 51.0 Å². The van der Waals surface area contributed by atoms with E-state index in [1.54, 1.807) is 7.11 Å². The van der Waals surface area contributed by atoms with Crippen LogP contribution >= 0.6 is 0 Å². The van der Waals surface area contributed by atoms with E-state index in [0.717, 1.165) is 11.1 Å². The van der Waals surface area contributed by atoms with Crippen LogP contribution in [0.5, 0.6) is 11.5 Å². The number of aryl methyl sites for hydroxylation is 1. The lowest BCUT2D eigenvalue weighted by Crippen LogP contribution is -2.17. The zero-order valence-corrected chi connectivity index (χ0v) is 8.78. The molecule has 0 saturated carbocycles. The van der Waals surface area contributed by atoms with Crippen LogP contribution in [0.3, 0.4) is 0 Å². The summed E-state index contributed by atoms with van der Waals surface area (Å²) in [5.74, 6) is 1.35. The summed E-state index contributed by atoms with van der Waals surface area (Å²) in [6.07, 6.45) is 0.621. The van der Waals surface area contributed by atoms with Gasteiger partial charge in [0.2, 0.25) is 0 Å². The predicted octanol–water partition coefficient (Wildman–Crippen LogP) is 1.96. The second kappa shape index (κ2) is 3.81. The van der Waals surface area contributed by atoms with E-state index < -0.39 is 0 Å². The molecule has 4 nitrogen and oxygen atoms in total. The molecule has 0 aromatic heterocycles. The molecule has 0 fully saturated rings. The van der Waals surface area contributed by atoms with Gasteiger partial charge in [-0.25, -0.2) is 0 Å². The molecular formula is C11H13NO3. The molecule has 0 radical (unpaired) electrons. The maximum atomic E-state index is 8.88. The Kier molecular flexibility index (Phi) is 2.49. The van der Waals surface area contributed by atoms with E-state index in [1.807, 2.05) is 19.1 Å². The molecule has 1 N–H and O–H groups in total. The van der Waals surface area contributed by atoms with Crippen molar-refractivity contribution in [2.75, 3.05) is 13.7 Å². The average Bonchev–Trinajstić information content (AvgIpc) is 2.27. The third-order valence-electron chi connectivity index (χ3n) is 2.44. The molecule has 2 rings (SSSR count). The highest BCUT2D eigenvalue weighted by molar-refractivity contribution is 6.04. The molecule has 0 unspecified atom stereocenters. The van der Waals surface area contributed by atoms with E-state index >= 15 is 0 Å². The highest BCUT2D eigenvalue weighted by Gasteiger charge is 2.21. The molecular weight excluding hydrogens is 194 g/mol. The predicted molar refractivity (Wildman–Crippen MR) is 56.2 cm³/mol. The first-order chi connectivity index (χ1) is 7.26. The van der Waals surface area contributed by atoms with Crippen LogP contribution in [0.25, 0.3) is 0 Å². The summed E-state index contributed by atoms with van der Waals surface area (Å²) >= 11 is 0. The number of oxime groups is 1. The summed E-state index contributed by atoms with van der Waals surface area (Å²) in [6.45, 7) is 2.48. The molecule has 1 aliphatic heterocycles. The zero-order chi connectivity index (χ0) is 10.8. The van der Waals surface area contributed by atoms with Gasteiger partial charge in [-0.3, -0.25) is 0 Å². The maximum Gasteiger partial charge on any atom is 0.170 e. The van der Waals surface area contributed by atoms with E-state index in [9.17, 15) is 0 Å². The zero-order valence-electron chi connectivity index (χ0n) is 8.78. The first-order valence-electron chi connectivity index (χ1n) is 4.79. The number of hydrogen-bond acceptors (Lipinski definition) is 4. The standard InChI is InChI=1S/C11H13NO3/c1-7-5-8-9(12-13)3-4-15-11(8)10(6-7)14-2/h5-6,13H,3-4H2,1-2H3/b12-9+. The molecule has 1 aliphatic rings. The largest absolute Gasteiger partial charge is 0.493 e. The molecule has 0 saturated heterocycles. The van der Waals surface area contributed by atoms with Crippen LogP contribution in [0.4, 0.5) is 0 Å². The van der Waals surface area contributed by atoms with Crippen LogP contribution in [-0.4, -0.2) is 24.6 Å². The number of fused-ring (bicyclic) bond motifs is 1. The molecule has 1 aromatic rings. The van der Waals surface area contributed by atoms with Gasteiger partial charge in [-0.1, -0.05) is 5.16 Å². The summed E-state index contributed by atoms with van der Waals surface area (Å²) in [7, 11) is 1.60. The van der Waals surface area contributed by atoms with Gasteiger partial charge < -0.3 is 14.7 Å². The fourth-order valence-corrected chi connectivity index (χ4v) is 1.74. The molecule has 0 spiro atoms. The summed E-state index contributed by atoms with van der Waals surface area (Å²) in [6, 6.07) is 3.84. The molecule has 15 heavy (non-hydrogen) atoms. The van der Waals surface area contributed by atoms with Crippen molar-refractivity contribution in [1.82, 2.24) is 0 Å². The Morgan fingerprint density at radius 2 is 2.27 bits per heavy atom. The van der Waals surface area contributed by atoms with Crippen molar-refractivity contribution in [3.63, 3.8) is 0 Å². The molecule has 0 aliphatic carbocycles. The lowest BCUT2D eigenvalue weighted by atomic mass is 10.0. The van der Waals surface area contributed by atoms with Gasteiger partial charge in [-0.2, -0.15) is 0 Å². The highest BCUT2D eigenvalue weighted by atomic mass is 16.5. The third kappa shape index (κ3) is 1.63. The van der Waals surface area contributed by atoms with Crippen molar-refractivity contribution in [1.29, 1.82) is 0 Å². The monoisotopic (exact) mass is 207 g/mol. The molecule has 0 atom stereocenters. The van der Waals surface area contributed by atoms with Crippen molar-refractivity contribution >= 4 is 5.71 Å². The normalized spacial score (nSPS) is 17.1. The Balaban J connectivity index is 2.61. The smallest absolute Gasteiger partial charge is 0.170 e. The lowest BCUT2D eigenvalue weighted by Gasteiger charge is -2.20. The Morgan fingerprint density at radius 1 is 1.47 bits per heavy atom. The van der Waals surface area contributed by atoms with Gasteiger partial charge in [-0.15, -0.1) is 0 Å². The molecule has 1 heterocycles. The number of benzene rings is 1. The number of methoxy groups -OCH3 is 1. The summed E-state index contributed by atoms with van der Waals surface area (Å²) in [5, 5.41) is 12.2. The summed E-state index contributed by atoms with van der Waals surface area (Å²) in [4.78, 5) is 0. The average molecular weight is 207 g/mol. The molecule has 0 amide bonds. The van der Waals surface area contributed by atoms with E-state index in [2.05, 4.69) is 5.16 Å². The van der Waals surface area contributed by atoms with Crippen LogP contribution in [0.1, 0.15) is 17.5 Å². The van der Waals surface area contributed by atoms with E-state index in [0.29, 0.717) is 30.2 Å². The van der Waals surface area contributed by atoms with E-state index in [-0.39, 0.29) is 0 Å². The number of hydrogen-bond donors (Lipinski definition) is 1.